The number of ketones is 4. The van der Waals surface area contributed by atoms with Crippen molar-refractivity contribution in [3.63, 3.8) is 0 Å². The molecule has 3 rings (SSSR count). The van der Waals surface area contributed by atoms with Crippen LogP contribution in [0, 0.1) is 17.8 Å². The van der Waals surface area contributed by atoms with Gasteiger partial charge in [-0.25, -0.2) is 0 Å². The smallest absolute Gasteiger partial charge is 0.259 e. The SMILES string of the molecule is CC(=O)N[C@]1(C)CCCCCC/C=C/CCC[C@@](C)(C(=O)NC(C(=O)NC(C(N)=O)C(=O)[C@@H](N)CC(N)=O)C(=O)[C@@H](N)CCC(N)=O)NC(=O)C(N[C@H](C=O)CC(C)C)NC(=O)C(N[C@H](C=O)CC(C)C)NC(=O)C(C(=O)[C@@H](N)CCCNC(N)N)NC(=O)C(N[C@H](C=O)Cc2c[nH]c3ccccc23)NC(=O)C(N[C@H](C=O)CC(C)C)NC(=O)C(C(=O)[C@@H](N)CC(N)=O)NC1=O. The maximum absolute atomic E-state index is 15.7. The summed E-state index contributed by atoms with van der Waals surface area (Å²) in [5.41, 5.74) is 54.4. The lowest BCUT2D eigenvalue weighted by Gasteiger charge is -2.34. The first-order valence-electron chi connectivity index (χ1n) is 43.1. The second-order valence-electron chi connectivity index (χ2n) is 34.1. The molecule has 0 radical (unpaired) electrons. The molecule has 2 aromatic rings. The number of nitrogens with two attached hydrogens (primary N) is 10. The van der Waals surface area contributed by atoms with Gasteiger partial charge in [-0.3, -0.25) is 113 Å². The van der Waals surface area contributed by atoms with E-state index in [-0.39, 0.29) is 82.6 Å². The van der Waals surface area contributed by atoms with Crippen molar-refractivity contribution < 1.29 is 105 Å². The molecule has 131 heavy (non-hydrogen) atoms. The Bertz CT molecular complexity index is 4370. The van der Waals surface area contributed by atoms with Crippen LogP contribution in [0.4, 0.5) is 0 Å². The molecule has 14 amide bonds. The third-order valence-corrected chi connectivity index (χ3v) is 20.9. The number of carbonyl (C=O) groups excluding carboxylic acids is 22. The van der Waals surface area contributed by atoms with E-state index in [0.717, 1.165) is 13.8 Å². The Morgan fingerprint density at radius 3 is 1.44 bits per heavy atom. The summed E-state index contributed by atoms with van der Waals surface area (Å²) in [5.74, 6) is -26.1. The van der Waals surface area contributed by atoms with Gasteiger partial charge >= 0.3 is 0 Å². The zero-order chi connectivity index (χ0) is 98.9. The minimum absolute atomic E-state index is 0.0260. The summed E-state index contributed by atoms with van der Waals surface area (Å²) in [6.07, 6.45) is -7.34. The van der Waals surface area contributed by atoms with Gasteiger partial charge in [0.25, 0.3) is 41.4 Å². The number of amides is 14. The number of primary amides is 4. The van der Waals surface area contributed by atoms with E-state index in [4.69, 9.17) is 57.3 Å². The molecule has 0 saturated heterocycles. The molecule has 0 bridgehead atoms. The molecule has 0 spiro atoms. The Kier molecular flexibility index (Phi) is 48.3. The lowest BCUT2D eigenvalue weighted by atomic mass is 9.91. The highest BCUT2D eigenvalue weighted by atomic mass is 16.2. The number of fused-ring (bicyclic) bond motifs is 1. The molecule has 36 N–H and O–H groups in total. The van der Waals surface area contributed by atoms with Crippen LogP contribution in [-0.2, 0) is 112 Å². The number of Topliss-reactive ketones (excluding diaryl/α,β-unsaturated/α-hetero) is 4. The molecular weight excluding hydrogens is 1710 g/mol. The number of rotatable bonds is 46. The van der Waals surface area contributed by atoms with Crippen molar-refractivity contribution in [2.75, 3.05) is 6.54 Å². The third kappa shape index (κ3) is 38.9. The van der Waals surface area contributed by atoms with Crippen molar-refractivity contribution in [2.45, 2.75) is 299 Å². The molecule has 728 valence electrons. The zero-order valence-electron chi connectivity index (χ0n) is 75.3. The average Bonchev–Trinajstić information content (AvgIpc) is 1.77. The van der Waals surface area contributed by atoms with Crippen molar-refractivity contribution in [3.05, 3.63) is 48.2 Å². The third-order valence-electron chi connectivity index (χ3n) is 20.9. The number of carbonyl (C=O) groups is 22. The van der Waals surface area contributed by atoms with Gasteiger partial charge in [-0.15, -0.1) is 0 Å². The molecule has 2 heterocycles. The van der Waals surface area contributed by atoms with Crippen LogP contribution >= 0.6 is 0 Å². The molecule has 8 unspecified atom stereocenters. The van der Waals surface area contributed by atoms with E-state index < -0.39 is 258 Å². The highest BCUT2D eigenvalue weighted by Crippen LogP contribution is 2.23. The van der Waals surface area contributed by atoms with Crippen molar-refractivity contribution >= 4 is 142 Å². The van der Waals surface area contributed by atoms with Crippen LogP contribution in [0.3, 0.4) is 0 Å². The van der Waals surface area contributed by atoms with Crippen LogP contribution in [0.2, 0.25) is 0 Å². The monoisotopic (exact) mass is 1850 g/mol. The molecule has 0 aliphatic carbocycles. The summed E-state index contributed by atoms with van der Waals surface area (Å²) in [7, 11) is 0. The number of allylic oxidation sites excluding steroid dienone is 2. The number of para-hydroxylation sites is 1. The van der Waals surface area contributed by atoms with E-state index in [9.17, 15) is 67.1 Å². The van der Waals surface area contributed by atoms with Crippen molar-refractivity contribution in [1.29, 1.82) is 0 Å². The van der Waals surface area contributed by atoms with E-state index in [2.05, 4.69) is 79.4 Å². The molecule has 1 aliphatic rings. The number of hydrogen-bond donors (Lipinski definition) is 26. The standard InChI is InChI=1S/C83H134N26O22/c1-41(2)30-46(37-110)96-69-76(127)106-68(99-49(40-113)33-45-36-95-55-24-18-17-22-50(45)55)75(126)101-60(63(118)51(84)23-21-29-94-81(92)93)73(124)104-70(97-47(38-111)31-42(3)4)77(128)107-71(98-48(39-112)32-43(5)6)78(129)109-83(9,80(131)102-61(64(119)52(85)25-26-56(88)115)72(123)100-59(67(91)122)65(120)53(86)34-57(89)116)28-20-16-14-12-10-11-13-15-19-27-82(8,108-44(7)114)79(130)103-62(74(125)105-69)66(121)54(87)35-58(90)117/h12,14,17-18,22,24,36-43,46-49,51-54,59-62,68-71,81,94-99H,10-11,13,15-16,19-21,23,25-35,84-87,92-93H2,1-9H3,(H2,88,115)(H2,89,116)(H2,90,117)(H2,91,122)(H,100,123)(H,101,126)(H,102,131)(H,103,130)(H,104,124)(H,105,125)(H,106,127)(H,107,128)(H,108,114)(H,109,129)/b14-12+/t46-,47-,48-,49-,51-,52-,53-,54-,59?,60?,61?,62?,68?,69?,70?,71?,82+,83-/m0/s1. The number of aromatic amines is 1. The first-order valence-corrected chi connectivity index (χ1v) is 43.1. The first kappa shape index (κ1) is 113. The molecule has 48 nitrogen and oxygen atoms in total. The number of aromatic nitrogens is 1. The van der Waals surface area contributed by atoms with E-state index in [0.29, 0.717) is 67.3 Å². The first-order chi connectivity index (χ1) is 61.4. The molecule has 18 atom stereocenters. The lowest BCUT2D eigenvalue weighted by Crippen LogP contribution is -2.70. The van der Waals surface area contributed by atoms with Crippen molar-refractivity contribution in [3.8, 4) is 0 Å². The summed E-state index contributed by atoms with van der Waals surface area (Å²) in [6.45, 7) is 13.4. The second-order valence-corrected chi connectivity index (χ2v) is 34.1. The molecular formula is C83H134N26O22. The van der Waals surface area contributed by atoms with Crippen molar-refractivity contribution in [2.24, 2.45) is 75.1 Å². The fraction of sp³-hybridized carbons (Fsp3) is 0.614. The fourth-order valence-electron chi connectivity index (χ4n) is 14.1. The summed E-state index contributed by atoms with van der Waals surface area (Å²) < 4.78 is 0. The maximum atomic E-state index is 15.7. The zero-order valence-corrected chi connectivity index (χ0v) is 75.3. The Morgan fingerprint density at radius 1 is 0.496 bits per heavy atom. The Labute approximate surface area is 757 Å². The summed E-state index contributed by atoms with van der Waals surface area (Å²) in [4.78, 5) is 314. The van der Waals surface area contributed by atoms with Gasteiger partial charge in [0.05, 0.1) is 48.3 Å². The highest BCUT2D eigenvalue weighted by Gasteiger charge is 2.47. The van der Waals surface area contributed by atoms with E-state index >= 15 is 38.4 Å². The minimum atomic E-state index is -2.68. The van der Waals surface area contributed by atoms with Gasteiger partial charge in [0.15, 0.2) is 72.0 Å². The van der Waals surface area contributed by atoms with Crippen molar-refractivity contribution in [1.82, 2.24) is 84.7 Å². The number of hydrogen-bond acceptors (Lipinski definition) is 33. The van der Waals surface area contributed by atoms with Crippen LogP contribution in [0.25, 0.3) is 10.9 Å². The summed E-state index contributed by atoms with van der Waals surface area (Å²) in [6, 6.07) is -16.9. The summed E-state index contributed by atoms with van der Waals surface area (Å²) >= 11 is 0. The molecule has 48 heteroatoms. The Morgan fingerprint density at radius 2 is 0.954 bits per heavy atom. The van der Waals surface area contributed by atoms with Gasteiger partial charge in [-0.1, -0.05) is 91.2 Å². The normalized spacial score (nSPS) is 22.7. The van der Waals surface area contributed by atoms with Gasteiger partial charge in [-0.05, 0) is 133 Å². The molecule has 1 aromatic carbocycles. The van der Waals surface area contributed by atoms with Gasteiger partial charge in [-0.2, -0.15) is 0 Å². The van der Waals surface area contributed by atoms with Gasteiger partial charge in [0.1, 0.15) is 42.5 Å². The number of nitrogens with one attached hydrogen (secondary N) is 16. The number of benzene rings is 1. The average molecular weight is 1850 g/mol. The Hall–Kier alpha value is -12.0. The molecule has 0 saturated carbocycles. The van der Waals surface area contributed by atoms with Crippen LogP contribution < -0.4 is 137 Å². The Balaban J connectivity index is 2.65. The van der Waals surface area contributed by atoms with E-state index in [1.807, 2.05) is 5.32 Å². The number of aldehydes is 4. The largest absolute Gasteiger partial charge is 0.370 e. The van der Waals surface area contributed by atoms with Crippen LogP contribution in [-0.4, -0.2) is 257 Å². The molecule has 0 fully saturated rings. The fourth-order valence-corrected chi connectivity index (χ4v) is 14.1. The maximum Gasteiger partial charge on any atom is 0.259 e. The van der Waals surface area contributed by atoms with Crippen LogP contribution in [0.5, 0.6) is 0 Å². The van der Waals surface area contributed by atoms with Gasteiger partial charge in [0, 0.05) is 43.3 Å². The van der Waals surface area contributed by atoms with Gasteiger partial charge < -0.3 is 135 Å². The summed E-state index contributed by atoms with van der Waals surface area (Å²) in [5, 5.41) is 36.9. The van der Waals surface area contributed by atoms with Gasteiger partial charge in [0.2, 0.25) is 41.4 Å². The number of H-pyrrole nitrogens is 1. The van der Waals surface area contributed by atoms with E-state index in [1.165, 1.54) is 13.1 Å². The highest BCUT2D eigenvalue weighted by molar-refractivity contribution is 6.16. The van der Waals surface area contributed by atoms with Crippen LogP contribution in [0.1, 0.15) is 183 Å². The predicted octanol–water partition coefficient (Wildman–Crippen LogP) is -9.31. The van der Waals surface area contributed by atoms with Crippen LogP contribution in [0.15, 0.2) is 42.6 Å². The molecule has 1 aliphatic heterocycles. The van der Waals surface area contributed by atoms with E-state index in [1.54, 1.807) is 78.0 Å². The minimum Gasteiger partial charge on any atom is -0.370 e. The predicted molar refractivity (Wildman–Crippen MR) is 474 cm³/mol. The quantitative estimate of drug-likeness (QED) is 0.00962. The lowest BCUT2D eigenvalue weighted by molar-refractivity contribution is -0.142. The second kappa shape index (κ2) is 55.9. The molecule has 1 aromatic heterocycles. The topological polar surface area (TPSA) is 832 Å².